The van der Waals surface area contributed by atoms with Crippen LogP contribution in [0.15, 0.2) is 48.9 Å². The number of hydrogen-bond donors (Lipinski definition) is 0. The number of ether oxygens (including phenoxy) is 1. The van der Waals surface area contributed by atoms with E-state index in [-0.39, 0.29) is 17.7 Å². The van der Waals surface area contributed by atoms with Crippen molar-refractivity contribution in [1.82, 2.24) is 19.9 Å². The maximum atomic E-state index is 14.0. The van der Waals surface area contributed by atoms with Crippen molar-refractivity contribution in [2.45, 2.75) is 25.9 Å². The zero-order valence-corrected chi connectivity index (χ0v) is 18.1. The molecule has 0 bridgehead atoms. The van der Waals surface area contributed by atoms with Gasteiger partial charge in [0, 0.05) is 49.6 Å². The van der Waals surface area contributed by atoms with Gasteiger partial charge >= 0.3 is 0 Å². The maximum absolute atomic E-state index is 14.0. The minimum Gasteiger partial charge on any atom is -0.474 e. The number of aromatic nitrogens is 3. The van der Waals surface area contributed by atoms with E-state index in [2.05, 4.69) is 15.0 Å². The molecule has 4 rings (SSSR count). The van der Waals surface area contributed by atoms with Crippen LogP contribution in [0.5, 0.6) is 5.88 Å². The highest BCUT2D eigenvalue weighted by Gasteiger charge is 2.40. The van der Waals surface area contributed by atoms with Crippen molar-refractivity contribution in [2.75, 3.05) is 13.1 Å². The van der Waals surface area contributed by atoms with Crippen LogP contribution in [0.3, 0.4) is 0 Å². The van der Waals surface area contributed by atoms with Crippen molar-refractivity contribution in [3.8, 4) is 11.9 Å². The van der Waals surface area contributed by atoms with E-state index in [1.54, 1.807) is 24.0 Å². The molecule has 0 aliphatic carbocycles. The number of likely N-dealkylation sites (tertiary alicyclic amines) is 1. The number of halogens is 2. The highest BCUT2D eigenvalue weighted by atomic mass is 19.2. The molecule has 0 spiro atoms. The number of aryl methyl sites for hydroxylation is 1. The zero-order valence-electron chi connectivity index (χ0n) is 18.1. The molecular formula is C24H21F2N5O2. The van der Waals surface area contributed by atoms with Gasteiger partial charge in [-0.15, -0.1) is 0 Å². The highest BCUT2D eigenvalue weighted by molar-refractivity contribution is 5.93. The Balaban J connectivity index is 1.60. The summed E-state index contributed by atoms with van der Waals surface area (Å²) in [5, 5.41) is 8.94. The molecule has 1 amide bonds. The normalized spacial score (nSPS) is 18.6. The van der Waals surface area contributed by atoms with Gasteiger partial charge in [0.05, 0.1) is 11.1 Å². The number of pyridine rings is 1. The van der Waals surface area contributed by atoms with Gasteiger partial charge in [-0.3, -0.25) is 4.79 Å². The summed E-state index contributed by atoms with van der Waals surface area (Å²) in [6.07, 6.45) is 3.96. The lowest BCUT2D eigenvalue weighted by atomic mass is 9.85. The van der Waals surface area contributed by atoms with Crippen LogP contribution in [0.25, 0.3) is 0 Å². The molecule has 0 N–H and O–H groups in total. The lowest BCUT2D eigenvalue weighted by Crippen LogP contribution is -2.32. The van der Waals surface area contributed by atoms with Gasteiger partial charge in [0.15, 0.2) is 11.6 Å². The molecule has 1 unspecified atom stereocenters. The van der Waals surface area contributed by atoms with Gasteiger partial charge in [-0.1, -0.05) is 6.07 Å². The molecule has 0 saturated carbocycles. The van der Waals surface area contributed by atoms with Crippen LogP contribution in [0.1, 0.15) is 40.2 Å². The summed E-state index contributed by atoms with van der Waals surface area (Å²) >= 11 is 0. The topological polar surface area (TPSA) is 92.0 Å². The van der Waals surface area contributed by atoms with Crippen LogP contribution < -0.4 is 4.74 Å². The lowest BCUT2D eigenvalue weighted by molar-refractivity contribution is 0.0769. The van der Waals surface area contributed by atoms with Gasteiger partial charge in [0.2, 0.25) is 5.88 Å². The molecule has 3 atom stereocenters. The predicted molar refractivity (Wildman–Crippen MR) is 114 cm³/mol. The first-order chi connectivity index (χ1) is 15.9. The van der Waals surface area contributed by atoms with Crippen molar-refractivity contribution in [1.29, 1.82) is 5.26 Å². The largest absolute Gasteiger partial charge is 0.474 e. The Labute approximate surface area is 189 Å². The Morgan fingerprint density at radius 2 is 1.88 bits per heavy atom. The van der Waals surface area contributed by atoms with E-state index in [0.717, 1.165) is 6.07 Å². The molecule has 3 aromatic rings. The summed E-state index contributed by atoms with van der Waals surface area (Å²) in [4.78, 5) is 27.1. The third kappa shape index (κ3) is 4.80. The first-order valence-corrected chi connectivity index (χ1v) is 10.4. The Morgan fingerprint density at radius 1 is 1.12 bits per heavy atom. The average Bonchev–Trinajstić information content (AvgIpc) is 3.27. The molecule has 33 heavy (non-hydrogen) atoms. The minimum absolute atomic E-state index is 0.220. The fourth-order valence-corrected chi connectivity index (χ4v) is 4.05. The summed E-state index contributed by atoms with van der Waals surface area (Å²) < 4.78 is 33.5. The van der Waals surface area contributed by atoms with Crippen molar-refractivity contribution >= 4 is 5.91 Å². The second-order valence-electron chi connectivity index (χ2n) is 7.99. The number of amides is 1. The molecule has 0 radical (unpaired) electrons. The van der Waals surface area contributed by atoms with Crippen LogP contribution >= 0.6 is 0 Å². The zero-order chi connectivity index (χ0) is 23.5. The second kappa shape index (κ2) is 9.28. The Hall–Kier alpha value is -3.93. The number of carbonyl (C=O) groups is 1. The fraction of sp³-hybridized carbons (Fsp3) is 0.292. The van der Waals surface area contributed by atoms with E-state index >= 15 is 0 Å². The molecule has 3 heterocycles. The van der Waals surface area contributed by atoms with Crippen LogP contribution in [-0.4, -0.2) is 45.0 Å². The van der Waals surface area contributed by atoms with Gasteiger partial charge in [0.25, 0.3) is 5.91 Å². The molecular weight excluding hydrogens is 428 g/mol. The van der Waals surface area contributed by atoms with Gasteiger partial charge in [0.1, 0.15) is 18.0 Å². The number of hydrogen-bond acceptors (Lipinski definition) is 6. The fourth-order valence-electron chi connectivity index (χ4n) is 4.05. The number of rotatable bonds is 5. The third-order valence-electron chi connectivity index (χ3n) is 5.83. The Bertz CT molecular complexity index is 1190. The third-order valence-corrected chi connectivity index (χ3v) is 5.83. The molecule has 1 aliphatic rings. The summed E-state index contributed by atoms with van der Waals surface area (Å²) in [5.74, 6) is -1.72. The van der Waals surface area contributed by atoms with Crippen molar-refractivity contribution in [3.63, 3.8) is 0 Å². The van der Waals surface area contributed by atoms with E-state index in [1.807, 2.05) is 13.0 Å². The van der Waals surface area contributed by atoms with E-state index in [9.17, 15) is 13.6 Å². The van der Waals surface area contributed by atoms with Crippen LogP contribution in [0, 0.1) is 35.8 Å². The van der Waals surface area contributed by atoms with Gasteiger partial charge in [-0.2, -0.15) is 5.26 Å². The number of nitriles is 1. The molecule has 1 saturated heterocycles. The summed E-state index contributed by atoms with van der Waals surface area (Å²) in [5.41, 5.74) is 1.35. The molecule has 1 aromatic carbocycles. The van der Waals surface area contributed by atoms with Crippen molar-refractivity contribution in [2.24, 2.45) is 5.92 Å². The van der Waals surface area contributed by atoms with Gasteiger partial charge in [-0.05, 0) is 37.6 Å². The highest BCUT2D eigenvalue weighted by Crippen LogP contribution is 2.37. The number of carbonyl (C=O) groups excluding carboxylic acids is 1. The number of nitrogens with zero attached hydrogens (tertiary/aromatic N) is 5. The maximum Gasteiger partial charge on any atom is 0.257 e. The summed E-state index contributed by atoms with van der Waals surface area (Å²) in [6.45, 7) is 4.22. The van der Waals surface area contributed by atoms with E-state index in [0.29, 0.717) is 41.5 Å². The molecule has 1 aliphatic heterocycles. The van der Waals surface area contributed by atoms with Crippen LogP contribution in [0.4, 0.5) is 8.78 Å². The van der Waals surface area contributed by atoms with Gasteiger partial charge < -0.3 is 9.64 Å². The Kier molecular flexibility index (Phi) is 6.27. The van der Waals surface area contributed by atoms with Crippen molar-refractivity contribution < 1.29 is 18.3 Å². The van der Waals surface area contributed by atoms with Crippen LogP contribution in [0.2, 0.25) is 0 Å². The van der Waals surface area contributed by atoms with Crippen LogP contribution in [-0.2, 0) is 0 Å². The molecule has 9 heteroatoms. The average molecular weight is 449 g/mol. The molecule has 2 aromatic heterocycles. The molecule has 168 valence electrons. The standard InChI is InChI=1S/C24H21F2N5O2/c1-14(33-23-6-3-16(8-27)9-30-23)19-12-31(24(32)18-10-28-15(2)29-11-18)13-20(19)17-4-5-21(25)22(26)7-17/h3-7,9-11,14,19-20H,12-13H2,1-2H3/t14-,19?,20+/m0/s1. The second-order valence-corrected chi connectivity index (χ2v) is 7.99. The lowest BCUT2D eigenvalue weighted by Gasteiger charge is -2.25. The van der Waals surface area contributed by atoms with E-state index < -0.39 is 17.7 Å². The summed E-state index contributed by atoms with van der Waals surface area (Å²) in [7, 11) is 0. The predicted octanol–water partition coefficient (Wildman–Crippen LogP) is 3.65. The van der Waals surface area contributed by atoms with E-state index in [1.165, 1.54) is 30.7 Å². The molecule has 7 nitrogen and oxygen atoms in total. The summed E-state index contributed by atoms with van der Waals surface area (Å²) in [6, 6.07) is 8.99. The van der Waals surface area contributed by atoms with Gasteiger partial charge in [-0.25, -0.2) is 23.7 Å². The Morgan fingerprint density at radius 3 is 2.52 bits per heavy atom. The number of benzene rings is 1. The van der Waals surface area contributed by atoms with E-state index in [4.69, 9.17) is 10.00 Å². The quantitative estimate of drug-likeness (QED) is 0.590. The van der Waals surface area contributed by atoms with Crippen molar-refractivity contribution in [3.05, 3.63) is 83.1 Å². The molecule has 1 fully saturated rings. The monoisotopic (exact) mass is 449 g/mol. The minimum atomic E-state index is -0.940. The SMILES string of the molecule is Cc1ncc(C(=O)N2CC([C@H](C)Oc3ccc(C#N)cn3)[C@@H](c3ccc(F)c(F)c3)C2)cn1. The first kappa shape index (κ1) is 22.3. The first-order valence-electron chi connectivity index (χ1n) is 10.4. The smallest absolute Gasteiger partial charge is 0.257 e.